The van der Waals surface area contributed by atoms with Gasteiger partial charge in [-0.15, -0.1) is 0 Å². The molecule has 5 heteroatoms. The van der Waals surface area contributed by atoms with Crippen LogP contribution in [0.1, 0.15) is 0 Å². The van der Waals surface area contributed by atoms with Gasteiger partial charge in [-0.05, 0) is 0 Å². The molecule has 0 aromatic carbocycles. The predicted octanol–water partition coefficient (Wildman–Crippen LogP) is -2.12. The van der Waals surface area contributed by atoms with E-state index < -0.39 is 5.69 Å². The minimum absolute atomic E-state index is 0.263. The fourth-order valence-corrected chi connectivity index (χ4v) is 0.643. The zero-order valence-corrected chi connectivity index (χ0v) is 6.33. The van der Waals surface area contributed by atoms with Crippen LogP contribution in [-0.2, 0) is 0 Å². The molecular weight excluding hydrogens is 185 g/mol. The molecule has 1 aromatic rings. The Morgan fingerprint density at radius 1 is 1.78 bits per heavy atom. The fourth-order valence-electron chi connectivity index (χ4n) is 0.403. The van der Waals surface area contributed by atoms with Crippen LogP contribution in [0.5, 0.6) is 0 Å². The fraction of sp³-hybridized carbons (Fsp3) is 0. The van der Waals surface area contributed by atoms with Crippen molar-refractivity contribution in [1.29, 1.82) is 0 Å². The van der Waals surface area contributed by atoms with E-state index in [1.165, 1.54) is 6.20 Å². The minimum atomic E-state index is -0.415. The van der Waals surface area contributed by atoms with Crippen molar-refractivity contribution in [3.63, 3.8) is 0 Å². The Hall–Kier alpha value is -0.801. The summed E-state index contributed by atoms with van der Waals surface area (Å²) >= 11 is 2.21. The van der Waals surface area contributed by atoms with E-state index in [9.17, 15) is 4.79 Å². The Bertz CT molecular complexity index is 269. The summed E-state index contributed by atoms with van der Waals surface area (Å²) in [7, 11) is 0. The third kappa shape index (κ3) is 1.31. The molecule has 0 aliphatic rings. The maximum absolute atomic E-state index is 10.4. The van der Waals surface area contributed by atoms with Crippen LogP contribution in [0.2, 0.25) is 0 Å². The van der Waals surface area contributed by atoms with Crippen molar-refractivity contribution in [1.82, 2.24) is 9.97 Å². The molecule has 0 aliphatic heterocycles. The van der Waals surface area contributed by atoms with Crippen LogP contribution in [0, 0.1) is 0 Å². The molecule has 4 nitrogen and oxygen atoms in total. The molecule has 0 unspecified atom stereocenters. The first-order chi connectivity index (χ1) is 4.20. The first-order valence-electron chi connectivity index (χ1n) is 2.24. The number of hydrogen-bond donors (Lipinski definition) is 2. The van der Waals surface area contributed by atoms with Crippen molar-refractivity contribution >= 4 is 26.3 Å². The van der Waals surface area contributed by atoms with E-state index in [0.29, 0.717) is 0 Å². The van der Waals surface area contributed by atoms with Crippen LogP contribution in [0.4, 0.5) is 5.82 Å². The summed E-state index contributed by atoms with van der Waals surface area (Å²) in [5, 5.41) is 0. The zero-order valence-electron chi connectivity index (χ0n) is 4.46. The van der Waals surface area contributed by atoms with Gasteiger partial charge in [0.05, 0.1) is 0 Å². The third-order valence-electron chi connectivity index (χ3n) is 0.817. The SMILES string of the molecule is Nc1nc(=O)[nH]cc1[SeH]. The number of nitrogens with one attached hydrogen (secondary N) is 1. The summed E-state index contributed by atoms with van der Waals surface area (Å²) in [6.45, 7) is 0. The number of hydrogen-bond acceptors (Lipinski definition) is 3. The molecule has 0 bridgehead atoms. The van der Waals surface area contributed by atoms with Crippen molar-refractivity contribution in [3.8, 4) is 0 Å². The molecule has 3 N–H and O–H groups in total. The second-order valence-corrected chi connectivity index (χ2v) is 2.49. The summed E-state index contributed by atoms with van der Waals surface area (Å²) in [6, 6.07) is 0. The van der Waals surface area contributed by atoms with E-state index in [2.05, 4.69) is 26.0 Å². The monoisotopic (exact) mass is 191 g/mol. The van der Waals surface area contributed by atoms with Gasteiger partial charge in [-0.3, -0.25) is 0 Å². The molecule has 0 aliphatic carbocycles. The van der Waals surface area contributed by atoms with E-state index in [0.717, 1.165) is 4.46 Å². The quantitative estimate of drug-likeness (QED) is 0.459. The maximum atomic E-state index is 10.4. The molecule has 1 heterocycles. The molecule has 0 fully saturated rings. The molecule has 0 radical (unpaired) electrons. The van der Waals surface area contributed by atoms with Gasteiger partial charge < -0.3 is 0 Å². The van der Waals surface area contributed by atoms with Crippen LogP contribution < -0.4 is 15.9 Å². The Morgan fingerprint density at radius 3 is 2.89 bits per heavy atom. The van der Waals surface area contributed by atoms with E-state index in [1.807, 2.05) is 0 Å². The summed E-state index contributed by atoms with van der Waals surface area (Å²) in [5.41, 5.74) is 4.86. The Labute approximate surface area is 59.3 Å². The van der Waals surface area contributed by atoms with Crippen LogP contribution in [0.15, 0.2) is 11.0 Å². The Morgan fingerprint density at radius 2 is 2.44 bits per heavy atom. The molecule has 9 heavy (non-hydrogen) atoms. The van der Waals surface area contributed by atoms with Crippen LogP contribution in [0.3, 0.4) is 0 Å². The molecule has 1 rings (SSSR count). The second kappa shape index (κ2) is 2.21. The predicted molar refractivity (Wildman–Crippen MR) is 36.1 cm³/mol. The van der Waals surface area contributed by atoms with Crippen molar-refractivity contribution < 1.29 is 0 Å². The number of H-pyrrole nitrogens is 1. The average Bonchev–Trinajstić information content (AvgIpc) is 1.80. The standard InChI is InChI=1S/C4H5N3OSe/c5-3-2(9)1-6-4(8)7-3/h1,9H,(H3,5,6,7,8). The average molecular weight is 190 g/mol. The van der Waals surface area contributed by atoms with Crippen molar-refractivity contribution in [2.45, 2.75) is 0 Å². The number of aromatic amines is 1. The molecule has 1 aromatic heterocycles. The van der Waals surface area contributed by atoms with Crippen molar-refractivity contribution in [3.05, 3.63) is 16.7 Å². The Kier molecular flexibility index (Phi) is 1.55. The molecular formula is C4H5N3OSe. The topological polar surface area (TPSA) is 71.8 Å². The van der Waals surface area contributed by atoms with Gasteiger partial charge in [-0.25, -0.2) is 0 Å². The van der Waals surface area contributed by atoms with Crippen LogP contribution in [-0.4, -0.2) is 26.0 Å². The van der Waals surface area contributed by atoms with E-state index >= 15 is 0 Å². The van der Waals surface area contributed by atoms with Gasteiger partial charge in [0.25, 0.3) is 0 Å². The van der Waals surface area contributed by atoms with Crippen LogP contribution >= 0.6 is 0 Å². The molecule has 48 valence electrons. The molecule has 0 amide bonds. The molecule has 0 atom stereocenters. The molecule has 0 saturated heterocycles. The molecule has 0 saturated carbocycles. The summed E-state index contributed by atoms with van der Waals surface area (Å²) in [5.74, 6) is 0.263. The summed E-state index contributed by atoms with van der Waals surface area (Å²) in [4.78, 5) is 16.2. The first kappa shape index (κ1) is 6.32. The van der Waals surface area contributed by atoms with Gasteiger partial charge in [-0.1, -0.05) is 0 Å². The number of aromatic nitrogens is 2. The van der Waals surface area contributed by atoms with Gasteiger partial charge in [0.1, 0.15) is 0 Å². The van der Waals surface area contributed by atoms with E-state index in [-0.39, 0.29) is 5.82 Å². The zero-order chi connectivity index (χ0) is 6.85. The number of anilines is 1. The normalized spacial score (nSPS) is 9.44. The third-order valence-corrected chi connectivity index (χ3v) is 1.57. The van der Waals surface area contributed by atoms with Gasteiger partial charge in [0.2, 0.25) is 0 Å². The van der Waals surface area contributed by atoms with Gasteiger partial charge in [0.15, 0.2) is 0 Å². The van der Waals surface area contributed by atoms with E-state index in [1.54, 1.807) is 0 Å². The van der Waals surface area contributed by atoms with E-state index in [4.69, 9.17) is 5.73 Å². The first-order valence-corrected chi connectivity index (χ1v) is 3.18. The van der Waals surface area contributed by atoms with Crippen molar-refractivity contribution in [2.24, 2.45) is 0 Å². The van der Waals surface area contributed by atoms with Crippen LogP contribution in [0.25, 0.3) is 0 Å². The summed E-state index contributed by atoms with van der Waals surface area (Å²) < 4.78 is 0.724. The number of nitrogen functional groups attached to an aromatic ring is 1. The Balaban J connectivity index is 3.34. The number of nitrogens with zero attached hydrogens (tertiary/aromatic N) is 1. The number of nitrogens with two attached hydrogens (primary N) is 1. The van der Waals surface area contributed by atoms with Gasteiger partial charge >= 0.3 is 58.7 Å². The van der Waals surface area contributed by atoms with Gasteiger partial charge in [0, 0.05) is 0 Å². The van der Waals surface area contributed by atoms with Crippen molar-refractivity contribution in [2.75, 3.05) is 5.73 Å². The molecule has 0 spiro atoms. The number of rotatable bonds is 0. The summed E-state index contributed by atoms with van der Waals surface area (Å²) in [6.07, 6.45) is 1.50. The second-order valence-electron chi connectivity index (χ2n) is 1.48. The van der Waals surface area contributed by atoms with Gasteiger partial charge in [-0.2, -0.15) is 0 Å².